The molecule has 1 heterocycles. The summed E-state index contributed by atoms with van der Waals surface area (Å²) in [6, 6.07) is 9.04. The Labute approximate surface area is 132 Å². The highest BCUT2D eigenvalue weighted by molar-refractivity contribution is 6.31. The fraction of sp³-hybridized carbons (Fsp3) is 0.667. The van der Waals surface area contributed by atoms with Crippen molar-refractivity contribution < 1.29 is 0 Å². The molecule has 1 N–H and O–H groups in total. The van der Waals surface area contributed by atoms with Crippen molar-refractivity contribution in [2.24, 2.45) is 11.8 Å². The smallest absolute Gasteiger partial charge is 0.0451 e. The van der Waals surface area contributed by atoms with Crippen LogP contribution in [-0.4, -0.2) is 29.6 Å². The third-order valence-electron chi connectivity index (χ3n) is 5.69. The van der Waals surface area contributed by atoms with Gasteiger partial charge in [0.2, 0.25) is 0 Å². The zero-order valence-electron chi connectivity index (χ0n) is 12.8. The predicted molar refractivity (Wildman–Crippen MR) is 87.5 cm³/mol. The van der Waals surface area contributed by atoms with Crippen LogP contribution in [0.1, 0.15) is 38.2 Å². The van der Waals surface area contributed by atoms with Gasteiger partial charge in [0.15, 0.2) is 0 Å². The molecule has 2 aliphatic carbocycles. The molecule has 3 aliphatic rings. The third kappa shape index (κ3) is 2.86. The van der Waals surface area contributed by atoms with Gasteiger partial charge in [-0.3, -0.25) is 4.90 Å². The molecule has 2 atom stereocenters. The molecular weight excluding hydrogens is 280 g/mol. The van der Waals surface area contributed by atoms with E-state index in [4.69, 9.17) is 11.6 Å². The van der Waals surface area contributed by atoms with Crippen molar-refractivity contribution in [3.63, 3.8) is 0 Å². The fourth-order valence-corrected chi connectivity index (χ4v) is 4.22. The van der Waals surface area contributed by atoms with Crippen LogP contribution in [0.5, 0.6) is 0 Å². The SMILES string of the molecule is CC1(C2CC2)CN(Cc2ccccc2Cl)C(C2CC2)CN1. The summed E-state index contributed by atoms with van der Waals surface area (Å²) in [4.78, 5) is 2.72. The Morgan fingerprint density at radius 2 is 2.00 bits per heavy atom. The number of halogens is 1. The lowest BCUT2D eigenvalue weighted by atomic mass is 9.89. The van der Waals surface area contributed by atoms with E-state index in [-0.39, 0.29) is 0 Å². The fourth-order valence-electron chi connectivity index (χ4n) is 4.02. The van der Waals surface area contributed by atoms with Crippen LogP contribution < -0.4 is 5.32 Å². The Morgan fingerprint density at radius 1 is 1.24 bits per heavy atom. The van der Waals surface area contributed by atoms with E-state index in [1.54, 1.807) is 0 Å². The van der Waals surface area contributed by atoms with Crippen LogP contribution in [0.4, 0.5) is 0 Å². The monoisotopic (exact) mass is 304 g/mol. The van der Waals surface area contributed by atoms with Crippen molar-refractivity contribution in [2.75, 3.05) is 13.1 Å². The molecule has 0 aromatic heterocycles. The molecule has 0 spiro atoms. The van der Waals surface area contributed by atoms with Crippen LogP contribution >= 0.6 is 11.6 Å². The predicted octanol–water partition coefficient (Wildman–Crippen LogP) is 3.69. The van der Waals surface area contributed by atoms with Gasteiger partial charge in [-0.05, 0) is 56.1 Å². The van der Waals surface area contributed by atoms with Crippen molar-refractivity contribution in [1.29, 1.82) is 0 Å². The van der Waals surface area contributed by atoms with E-state index in [1.807, 2.05) is 12.1 Å². The van der Waals surface area contributed by atoms with E-state index in [2.05, 4.69) is 29.3 Å². The molecule has 3 fully saturated rings. The maximum atomic E-state index is 6.39. The average Bonchev–Trinajstić information content (AvgIpc) is 3.34. The Kier molecular flexibility index (Phi) is 3.52. The summed E-state index contributed by atoms with van der Waals surface area (Å²) in [7, 11) is 0. The van der Waals surface area contributed by atoms with Gasteiger partial charge in [-0.2, -0.15) is 0 Å². The number of rotatable bonds is 4. The first-order chi connectivity index (χ1) is 10.2. The summed E-state index contributed by atoms with van der Waals surface area (Å²) in [6.07, 6.45) is 5.62. The Balaban J connectivity index is 1.54. The van der Waals surface area contributed by atoms with E-state index in [9.17, 15) is 0 Å². The lowest BCUT2D eigenvalue weighted by Gasteiger charge is -2.47. The first kappa shape index (κ1) is 14.0. The maximum absolute atomic E-state index is 6.39. The molecule has 114 valence electrons. The summed E-state index contributed by atoms with van der Waals surface area (Å²) < 4.78 is 0. The topological polar surface area (TPSA) is 15.3 Å². The summed E-state index contributed by atoms with van der Waals surface area (Å²) in [5, 5.41) is 4.80. The number of piperazine rings is 1. The summed E-state index contributed by atoms with van der Waals surface area (Å²) >= 11 is 6.39. The summed E-state index contributed by atoms with van der Waals surface area (Å²) in [6.45, 7) is 5.75. The second-order valence-corrected chi connectivity index (χ2v) is 7.88. The molecular formula is C18H25ClN2. The molecule has 0 bridgehead atoms. The van der Waals surface area contributed by atoms with Gasteiger partial charge in [-0.15, -0.1) is 0 Å². The summed E-state index contributed by atoms with van der Waals surface area (Å²) in [5.41, 5.74) is 1.59. The highest BCUT2D eigenvalue weighted by Crippen LogP contribution is 2.44. The van der Waals surface area contributed by atoms with Gasteiger partial charge in [0, 0.05) is 36.2 Å². The molecule has 1 aromatic rings. The van der Waals surface area contributed by atoms with Crippen LogP contribution in [0.3, 0.4) is 0 Å². The molecule has 2 nitrogen and oxygen atoms in total. The van der Waals surface area contributed by atoms with Crippen LogP contribution in [0.25, 0.3) is 0 Å². The first-order valence-electron chi connectivity index (χ1n) is 8.38. The molecule has 0 radical (unpaired) electrons. The zero-order valence-corrected chi connectivity index (χ0v) is 13.6. The van der Waals surface area contributed by atoms with Crippen molar-refractivity contribution in [3.05, 3.63) is 34.9 Å². The number of hydrogen-bond acceptors (Lipinski definition) is 2. The lowest BCUT2D eigenvalue weighted by Crippen LogP contribution is -2.64. The highest BCUT2D eigenvalue weighted by atomic mass is 35.5. The number of nitrogens with zero attached hydrogens (tertiary/aromatic N) is 1. The van der Waals surface area contributed by atoms with Crippen molar-refractivity contribution in [1.82, 2.24) is 10.2 Å². The molecule has 4 rings (SSSR count). The quantitative estimate of drug-likeness (QED) is 0.912. The maximum Gasteiger partial charge on any atom is 0.0451 e. The Bertz CT molecular complexity index is 524. The second kappa shape index (κ2) is 5.26. The Hall–Kier alpha value is -0.570. The van der Waals surface area contributed by atoms with E-state index in [0.29, 0.717) is 11.6 Å². The van der Waals surface area contributed by atoms with E-state index in [1.165, 1.54) is 37.8 Å². The van der Waals surface area contributed by atoms with E-state index >= 15 is 0 Å². The molecule has 1 aliphatic heterocycles. The highest BCUT2D eigenvalue weighted by Gasteiger charge is 2.48. The zero-order chi connectivity index (χ0) is 14.4. The van der Waals surface area contributed by atoms with Crippen LogP contribution in [0.2, 0.25) is 5.02 Å². The molecule has 21 heavy (non-hydrogen) atoms. The van der Waals surface area contributed by atoms with Gasteiger partial charge in [-0.1, -0.05) is 29.8 Å². The van der Waals surface area contributed by atoms with Crippen LogP contribution in [-0.2, 0) is 6.54 Å². The van der Waals surface area contributed by atoms with Crippen molar-refractivity contribution in [2.45, 2.75) is 50.7 Å². The molecule has 2 unspecified atom stereocenters. The standard InChI is InChI=1S/C18H25ClN2/c1-18(15-8-9-15)12-21(17(10-20-18)13-6-7-13)11-14-4-2-3-5-16(14)19/h2-5,13,15,17,20H,6-12H2,1H3. The van der Waals surface area contributed by atoms with Gasteiger partial charge in [0.1, 0.15) is 0 Å². The second-order valence-electron chi connectivity index (χ2n) is 7.47. The first-order valence-corrected chi connectivity index (χ1v) is 8.76. The minimum atomic E-state index is 0.312. The number of nitrogens with one attached hydrogen (secondary N) is 1. The van der Waals surface area contributed by atoms with Crippen molar-refractivity contribution in [3.8, 4) is 0 Å². The van der Waals surface area contributed by atoms with Crippen molar-refractivity contribution >= 4 is 11.6 Å². The lowest BCUT2D eigenvalue weighted by molar-refractivity contribution is 0.0578. The third-order valence-corrected chi connectivity index (χ3v) is 6.06. The molecule has 3 heteroatoms. The van der Waals surface area contributed by atoms with Crippen LogP contribution in [0, 0.1) is 11.8 Å². The molecule has 2 saturated carbocycles. The van der Waals surface area contributed by atoms with Gasteiger partial charge in [-0.25, -0.2) is 0 Å². The number of benzene rings is 1. The van der Waals surface area contributed by atoms with E-state index in [0.717, 1.165) is 29.9 Å². The normalized spacial score (nSPS) is 34.1. The van der Waals surface area contributed by atoms with Gasteiger partial charge < -0.3 is 5.32 Å². The average molecular weight is 305 g/mol. The molecule has 0 amide bonds. The van der Waals surface area contributed by atoms with Crippen LogP contribution in [0.15, 0.2) is 24.3 Å². The largest absolute Gasteiger partial charge is 0.308 e. The Morgan fingerprint density at radius 3 is 2.67 bits per heavy atom. The van der Waals surface area contributed by atoms with E-state index < -0.39 is 0 Å². The molecule has 1 saturated heterocycles. The number of hydrogen-bond donors (Lipinski definition) is 1. The van der Waals surface area contributed by atoms with Gasteiger partial charge in [0.25, 0.3) is 0 Å². The minimum absolute atomic E-state index is 0.312. The van der Waals surface area contributed by atoms with Gasteiger partial charge >= 0.3 is 0 Å². The minimum Gasteiger partial charge on any atom is -0.308 e. The summed E-state index contributed by atoms with van der Waals surface area (Å²) in [5.74, 6) is 1.79. The molecule has 1 aromatic carbocycles. The van der Waals surface area contributed by atoms with Gasteiger partial charge in [0.05, 0.1) is 0 Å².